The molecule has 1 aromatic carbocycles. The Labute approximate surface area is 139 Å². The third kappa shape index (κ3) is 3.59. The lowest BCUT2D eigenvalue weighted by Crippen LogP contribution is -2.46. The Morgan fingerprint density at radius 3 is 2.42 bits per heavy atom. The van der Waals surface area contributed by atoms with Crippen LogP contribution in [0.25, 0.3) is 0 Å². The Morgan fingerprint density at radius 2 is 1.75 bits per heavy atom. The van der Waals surface area contributed by atoms with Crippen LogP contribution in [0.3, 0.4) is 0 Å². The van der Waals surface area contributed by atoms with Crippen LogP contribution >= 0.6 is 0 Å². The average Bonchev–Trinajstić information content (AvgIpc) is 2.63. The van der Waals surface area contributed by atoms with Gasteiger partial charge in [0.15, 0.2) is 0 Å². The van der Waals surface area contributed by atoms with Gasteiger partial charge in [-0.3, -0.25) is 14.6 Å². The molecule has 6 heteroatoms. The molecule has 0 saturated carbocycles. The first-order valence-corrected chi connectivity index (χ1v) is 7.90. The maximum atomic E-state index is 13.7. The molecule has 2 heterocycles. The van der Waals surface area contributed by atoms with Crippen LogP contribution in [0, 0.1) is 5.82 Å². The highest BCUT2D eigenvalue weighted by atomic mass is 19.1. The average molecular weight is 327 g/mol. The van der Waals surface area contributed by atoms with Crippen molar-refractivity contribution in [2.75, 3.05) is 13.1 Å². The number of carbonyl (C=O) groups excluding carboxylic acids is 2. The number of hydrogen-bond donors (Lipinski definition) is 1. The van der Waals surface area contributed by atoms with Gasteiger partial charge in [0.1, 0.15) is 5.82 Å². The van der Waals surface area contributed by atoms with Crippen molar-refractivity contribution in [2.24, 2.45) is 0 Å². The van der Waals surface area contributed by atoms with E-state index < -0.39 is 5.82 Å². The first-order valence-electron chi connectivity index (χ1n) is 7.90. The summed E-state index contributed by atoms with van der Waals surface area (Å²) in [5.41, 5.74) is 0.659. The molecule has 124 valence electrons. The molecule has 0 aliphatic carbocycles. The van der Waals surface area contributed by atoms with Crippen molar-refractivity contribution in [1.29, 1.82) is 0 Å². The van der Waals surface area contributed by atoms with Gasteiger partial charge >= 0.3 is 0 Å². The number of aromatic nitrogens is 1. The molecule has 1 aliphatic heterocycles. The van der Waals surface area contributed by atoms with Crippen LogP contribution in [0.15, 0.2) is 48.8 Å². The van der Waals surface area contributed by atoms with Crippen LogP contribution in [0.5, 0.6) is 0 Å². The Kier molecular flexibility index (Phi) is 4.84. The first kappa shape index (κ1) is 16.1. The molecule has 5 nitrogen and oxygen atoms in total. The van der Waals surface area contributed by atoms with Gasteiger partial charge in [-0.1, -0.05) is 12.1 Å². The molecule has 0 radical (unpaired) electrons. The van der Waals surface area contributed by atoms with Crippen molar-refractivity contribution in [3.05, 3.63) is 65.7 Å². The fourth-order valence-corrected chi connectivity index (χ4v) is 2.80. The van der Waals surface area contributed by atoms with Gasteiger partial charge in [-0.25, -0.2) is 4.39 Å². The second kappa shape index (κ2) is 7.21. The van der Waals surface area contributed by atoms with Crippen LogP contribution in [0.2, 0.25) is 0 Å². The first-order chi connectivity index (χ1) is 11.6. The predicted octanol–water partition coefficient (Wildman–Crippen LogP) is 2.26. The number of likely N-dealkylation sites (tertiary alicyclic amines) is 1. The van der Waals surface area contributed by atoms with E-state index in [2.05, 4.69) is 10.3 Å². The summed E-state index contributed by atoms with van der Waals surface area (Å²) in [5, 5.41) is 2.97. The van der Waals surface area contributed by atoms with E-state index in [0.29, 0.717) is 31.5 Å². The van der Waals surface area contributed by atoms with Crippen molar-refractivity contribution in [1.82, 2.24) is 15.2 Å². The lowest BCUT2D eigenvalue weighted by atomic mass is 10.0. The zero-order valence-corrected chi connectivity index (χ0v) is 13.1. The molecular formula is C18H18FN3O2. The van der Waals surface area contributed by atoms with Crippen molar-refractivity contribution < 1.29 is 14.0 Å². The third-order valence-corrected chi connectivity index (χ3v) is 4.16. The molecule has 0 spiro atoms. The van der Waals surface area contributed by atoms with E-state index in [0.717, 1.165) is 0 Å². The van der Waals surface area contributed by atoms with E-state index in [1.54, 1.807) is 41.6 Å². The highest BCUT2D eigenvalue weighted by Crippen LogP contribution is 2.16. The van der Waals surface area contributed by atoms with E-state index in [1.807, 2.05) is 0 Å². The Balaban J connectivity index is 1.55. The van der Waals surface area contributed by atoms with E-state index in [-0.39, 0.29) is 23.4 Å². The lowest BCUT2D eigenvalue weighted by molar-refractivity contribution is 0.0693. The molecule has 1 saturated heterocycles. The molecule has 24 heavy (non-hydrogen) atoms. The summed E-state index contributed by atoms with van der Waals surface area (Å²) in [6, 6.07) is 9.32. The largest absolute Gasteiger partial charge is 0.349 e. The maximum Gasteiger partial charge on any atom is 0.256 e. The third-order valence-electron chi connectivity index (χ3n) is 4.16. The van der Waals surface area contributed by atoms with Gasteiger partial charge in [0.2, 0.25) is 0 Å². The lowest BCUT2D eigenvalue weighted by Gasteiger charge is -2.32. The second-order valence-corrected chi connectivity index (χ2v) is 5.76. The van der Waals surface area contributed by atoms with E-state index in [9.17, 15) is 14.0 Å². The van der Waals surface area contributed by atoms with Crippen molar-refractivity contribution in [3.8, 4) is 0 Å². The molecular weight excluding hydrogens is 309 g/mol. The molecule has 0 atom stereocenters. The molecule has 1 aliphatic rings. The number of nitrogens with one attached hydrogen (secondary N) is 1. The number of carbonyl (C=O) groups is 2. The van der Waals surface area contributed by atoms with Crippen LogP contribution in [-0.2, 0) is 0 Å². The summed E-state index contributed by atoms with van der Waals surface area (Å²) in [5.74, 6) is -0.945. The second-order valence-electron chi connectivity index (χ2n) is 5.76. The van der Waals surface area contributed by atoms with Crippen molar-refractivity contribution in [2.45, 2.75) is 18.9 Å². The molecule has 1 N–H and O–H groups in total. The van der Waals surface area contributed by atoms with Gasteiger partial charge in [-0.15, -0.1) is 0 Å². The van der Waals surface area contributed by atoms with E-state index in [1.165, 1.54) is 12.1 Å². The van der Waals surface area contributed by atoms with Crippen molar-refractivity contribution in [3.63, 3.8) is 0 Å². The van der Waals surface area contributed by atoms with Gasteiger partial charge in [0.25, 0.3) is 11.8 Å². The molecule has 0 unspecified atom stereocenters. The number of amides is 2. The molecule has 2 aromatic rings. The van der Waals surface area contributed by atoms with Crippen LogP contribution in [0.1, 0.15) is 33.6 Å². The summed E-state index contributed by atoms with van der Waals surface area (Å²) in [6.45, 7) is 0.989. The van der Waals surface area contributed by atoms with Crippen LogP contribution in [-0.4, -0.2) is 40.8 Å². The monoisotopic (exact) mass is 327 g/mol. The predicted molar refractivity (Wildman–Crippen MR) is 87.0 cm³/mol. The fraction of sp³-hybridized carbons (Fsp3) is 0.278. The molecule has 1 aromatic heterocycles. The minimum atomic E-state index is -0.504. The van der Waals surface area contributed by atoms with Gasteiger partial charge in [0, 0.05) is 37.1 Å². The zero-order valence-electron chi connectivity index (χ0n) is 13.1. The summed E-state index contributed by atoms with van der Waals surface area (Å²) in [6.07, 6.45) is 4.45. The number of rotatable bonds is 3. The number of hydrogen-bond acceptors (Lipinski definition) is 3. The standard InChI is InChI=1S/C18H18FN3O2/c19-16-4-2-1-3-15(16)18(24)22-11-7-14(8-12-22)21-17(23)13-5-9-20-10-6-13/h1-6,9-10,14H,7-8,11-12H2,(H,21,23). The van der Waals surface area contributed by atoms with Gasteiger partial charge in [-0.2, -0.15) is 0 Å². The molecule has 2 amide bonds. The van der Waals surface area contributed by atoms with Gasteiger partial charge in [0.05, 0.1) is 5.56 Å². The number of benzene rings is 1. The topological polar surface area (TPSA) is 62.3 Å². The summed E-state index contributed by atoms with van der Waals surface area (Å²) >= 11 is 0. The highest BCUT2D eigenvalue weighted by molar-refractivity contribution is 5.95. The zero-order chi connectivity index (χ0) is 16.9. The Morgan fingerprint density at radius 1 is 1.08 bits per heavy atom. The number of piperidine rings is 1. The van der Waals surface area contributed by atoms with E-state index >= 15 is 0 Å². The minimum absolute atomic E-state index is 0.00957. The van der Waals surface area contributed by atoms with Crippen LogP contribution < -0.4 is 5.32 Å². The van der Waals surface area contributed by atoms with Gasteiger partial charge in [-0.05, 0) is 37.1 Å². The van der Waals surface area contributed by atoms with E-state index in [4.69, 9.17) is 0 Å². The maximum absolute atomic E-state index is 13.7. The molecule has 0 bridgehead atoms. The summed E-state index contributed by atoms with van der Waals surface area (Å²) in [7, 11) is 0. The van der Waals surface area contributed by atoms with Crippen molar-refractivity contribution >= 4 is 11.8 Å². The summed E-state index contributed by atoms with van der Waals surface area (Å²) < 4.78 is 13.7. The SMILES string of the molecule is O=C(NC1CCN(C(=O)c2ccccc2F)CC1)c1ccncc1. The quantitative estimate of drug-likeness (QED) is 0.940. The molecule has 3 rings (SSSR count). The summed E-state index contributed by atoms with van der Waals surface area (Å²) in [4.78, 5) is 30.0. The van der Waals surface area contributed by atoms with Crippen LogP contribution in [0.4, 0.5) is 4.39 Å². The minimum Gasteiger partial charge on any atom is -0.349 e. The number of halogens is 1. The fourth-order valence-electron chi connectivity index (χ4n) is 2.80. The Hall–Kier alpha value is -2.76. The normalized spacial score (nSPS) is 15.1. The Bertz CT molecular complexity index is 728. The highest BCUT2D eigenvalue weighted by Gasteiger charge is 2.26. The number of nitrogens with zero attached hydrogens (tertiary/aromatic N) is 2. The smallest absolute Gasteiger partial charge is 0.256 e. The van der Waals surface area contributed by atoms with Gasteiger partial charge < -0.3 is 10.2 Å². The number of pyridine rings is 1. The molecule has 1 fully saturated rings.